The summed E-state index contributed by atoms with van der Waals surface area (Å²) in [5.41, 5.74) is 2.02. The minimum atomic E-state index is -3.05. The molecule has 4 rings (SSSR count). The van der Waals surface area contributed by atoms with Gasteiger partial charge in [-0.25, -0.2) is 4.74 Å². The van der Waals surface area contributed by atoms with Gasteiger partial charge in [0.1, 0.15) is 22.6 Å². The van der Waals surface area contributed by atoms with Gasteiger partial charge in [0.05, 0.1) is 17.5 Å². The summed E-state index contributed by atoms with van der Waals surface area (Å²) >= 11 is 3.55. The quantitative estimate of drug-likeness (QED) is 0.118. The predicted molar refractivity (Wildman–Crippen MR) is 153 cm³/mol. The van der Waals surface area contributed by atoms with Gasteiger partial charge in [0.15, 0.2) is 7.28 Å². The summed E-state index contributed by atoms with van der Waals surface area (Å²) in [6.45, 7) is 9.03. The second-order valence-electron chi connectivity index (χ2n) is 9.57. The van der Waals surface area contributed by atoms with E-state index in [2.05, 4.69) is 43.6 Å². The van der Waals surface area contributed by atoms with E-state index in [0.717, 1.165) is 27.2 Å². The van der Waals surface area contributed by atoms with Crippen molar-refractivity contribution in [1.82, 2.24) is 9.78 Å². The van der Waals surface area contributed by atoms with Crippen molar-refractivity contribution in [3.63, 3.8) is 0 Å². The fourth-order valence-corrected chi connectivity index (χ4v) is 7.83. The van der Waals surface area contributed by atoms with Crippen LogP contribution in [-0.2, 0) is 6.54 Å². The Bertz CT molecular complexity index is 1510. The Labute approximate surface area is 225 Å². The number of nitro groups is 1. The van der Waals surface area contributed by atoms with E-state index < -0.39 is 17.4 Å². The van der Waals surface area contributed by atoms with E-state index in [9.17, 15) is 10.1 Å². The lowest BCUT2D eigenvalue weighted by atomic mass is 10.2. The number of halogens is 1. The summed E-state index contributed by atoms with van der Waals surface area (Å²) in [7, 11) is -1.52. The topological polar surface area (TPSA) is 91.8 Å². The molecular weight excluding hydrogens is 555 g/mol. The van der Waals surface area contributed by atoms with E-state index in [-0.39, 0.29) is 5.69 Å². The number of fused-ring (bicyclic) bond motifs is 1. The maximum atomic E-state index is 11.7. The molecule has 0 fully saturated rings. The molecule has 4 aromatic rings. The molecule has 8 nitrogen and oxygen atoms in total. The van der Waals surface area contributed by atoms with E-state index >= 15 is 0 Å². The number of aromatic nitrogens is 2. The Morgan fingerprint density at radius 1 is 1.11 bits per heavy atom. The molecular formula is C27H30BrN4O4P. The van der Waals surface area contributed by atoms with Crippen LogP contribution in [0.25, 0.3) is 10.9 Å². The largest absolute Gasteiger partial charge is 0.494 e. The number of ether oxygens (including phenoxy) is 1. The number of hydrogen-bond acceptors (Lipinski definition) is 6. The second kappa shape index (κ2) is 10.7. The first-order valence-electron chi connectivity index (χ1n) is 12.0. The highest BCUT2D eigenvalue weighted by molar-refractivity contribution is 9.10. The van der Waals surface area contributed by atoms with Crippen molar-refractivity contribution in [2.75, 3.05) is 7.11 Å². The fourth-order valence-electron chi connectivity index (χ4n) is 4.17. The first kappa shape index (κ1) is 26.9. The van der Waals surface area contributed by atoms with Gasteiger partial charge in [-0.2, -0.15) is 5.10 Å². The van der Waals surface area contributed by atoms with Gasteiger partial charge in [0.2, 0.25) is 0 Å². The standard InChI is InChI=1S/C27H30BrN4O4P/c1-6-16-31-26(22-12-7-8-13-23(22)29-31)37(27(2,3)4,36-21-11-9-10-19(28)17-21)30-24-18-20(32(33)34)14-15-25(24)35-5/h7-15,17-18H,6,16H2,1-5H3/t37-/m1/s1. The van der Waals surface area contributed by atoms with Crippen LogP contribution in [0, 0.1) is 10.1 Å². The number of nitro benzene ring substituents is 1. The SMILES string of the molecule is CCCn1nc2ccccc2c1[P@@](=Nc1cc([N+](=O)[O-])ccc1OC)(Oc1cccc(Br)c1)C(C)(C)C. The Morgan fingerprint density at radius 2 is 1.86 bits per heavy atom. The zero-order chi connectivity index (χ0) is 26.8. The molecule has 0 N–H and O–H groups in total. The zero-order valence-electron chi connectivity index (χ0n) is 21.5. The molecule has 1 aromatic heterocycles. The third-order valence-corrected chi connectivity index (χ3v) is 10.2. The molecule has 194 valence electrons. The van der Waals surface area contributed by atoms with Crippen molar-refractivity contribution < 1.29 is 14.2 Å². The number of non-ortho nitro benzene ring substituents is 1. The molecule has 3 aromatic carbocycles. The molecule has 0 aliphatic heterocycles. The van der Waals surface area contributed by atoms with Crippen LogP contribution in [0.5, 0.6) is 11.5 Å². The minimum Gasteiger partial charge on any atom is -0.494 e. The molecule has 10 heteroatoms. The van der Waals surface area contributed by atoms with Crippen LogP contribution in [0.2, 0.25) is 0 Å². The van der Waals surface area contributed by atoms with Gasteiger partial charge in [-0.15, -0.1) is 0 Å². The van der Waals surface area contributed by atoms with Crippen LogP contribution >= 0.6 is 23.2 Å². The highest BCUT2D eigenvalue weighted by Crippen LogP contribution is 2.63. The molecule has 1 atom stereocenters. The molecule has 0 radical (unpaired) electrons. The minimum absolute atomic E-state index is 0.0686. The fraction of sp³-hybridized carbons (Fsp3) is 0.296. The lowest BCUT2D eigenvalue weighted by molar-refractivity contribution is -0.384. The summed E-state index contributed by atoms with van der Waals surface area (Å²) in [5, 5.41) is 17.0. The van der Waals surface area contributed by atoms with Gasteiger partial charge in [0.25, 0.3) is 5.69 Å². The van der Waals surface area contributed by atoms with Crippen LogP contribution in [0.4, 0.5) is 11.4 Å². The lowest BCUT2D eigenvalue weighted by Gasteiger charge is -2.37. The lowest BCUT2D eigenvalue weighted by Crippen LogP contribution is -2.32. The third-order valence-electron chi connectivity index (χ3n) is 5.91. The van der Waals surface area contributed by atoms with Crippen LogP contribution in [0.3, 0.4) is 0 Å². The number of aryl methyl sites for hydroxylation is 1. The second-order valence-corrected chi connectivity index (χ2v) is 13.8. The monoisotopic (exact) mass is 584 g/mol. The molecule has 0 bridgehead atoms. The Morgan fingerprint density at radius 3 is 2.51 bits per heavy atom. The summed E-state index contributed by atoms with van der Waals surface area (Å²) in [5.74, 6) is 1.07. The Kier molecular flexibility index (Phi) is 7.76. The Balaban J connectivity index is 2.18. The number of rotatable bonds is 8. The summed E-state index contributed by atoms with van der Waals surface area (Å²) in [4.78, 5) is 11.2. The molecule has 0 saturated carbocycles. The van der Waals surface area contributed by atoms with E-state index in [1.165, 1.54) is 19.2 Å². The van der Waals surface area contributed by atoms with Crippen LogP contribution < -0.4 is 14.7 Å². The van der Waals surface area contributed by atoms with Crippen LogP contribution in [0.15, 0.2) is 75.9 Å². The van der Waals surface area contributed by atoms with Crippen molar-refractivity contribution in [2.45, 2.75) is 45.8 Å². The average Bonchev–Trinajstić information content (AvgIpc) is 3.21. The van der Waals surface area contributed by atoms with E-state index in [0.29, 0.717) is 23.7 Å². The first-order valence-corrected chi connectivity index (χ1v) is 14.4. The molecule has 0 aliphatic carbocycles. The first-order chi connectivity index (χ1) is 17.6. The van der Waals surface area contributed by atoms with Crippen LogP contribution in [0.1, 0.15) is 34.1 Å². The van der Waals surface area contributed by atoms with Gasteiger partial charge in [-0.1, -0.05) is 67.9 Å². The summed E-state index contributed by atoms with van der Waals surface area (Å²) < 4.78 is 20.8. The molecule has 1 heterocycles. The van der Waals surface area contributed by atoms with Gasteiger partial charge >= 0.3 is 0 Å². The van der Waals surface area contributed by atoms with Crippen LogP contribution in [-0.4, -0.2) is 27.0 Å². The molecule has 0 unspecified atom stereocenters. The molecule has 0 aliphatic rings. The Hall–Kier alpha value is -3.16. The summed E-state index contributed by atoms with van der Waals surface area (Å²) in [6.07, 6.45) is 0.863. The average molecular weight is 585 g/mol. The third kappa shape index (κ3) is 5.29. The number of benzene rings is 3. The normalized spacial score (nSPS) is 13.2. The molecule has 0 amide bonds. The van der Waals surface area contributed by atoms with Gasteiger partial charge in [-0.3, -0.25) is 14.8 Å². The van der Waals surface area contributed by atoms with Gasteiger partial charge < -0.3 is 9.26 Å². The molecule has 0 spiro atoms. The highest BCUT2D eigenvalue weighted by atomic mass is 79.9. The maximum Gasteiger partial charge on any atom is 0.271 e. The van der Waals surface area contributed by atoms with Crippen molar-refractivity contribution in [2.24, 2.45) is 4.74 Å². The smallest absolute Gasteiger partial charge is 0.271 e. The zero-order valence-corrected chi connectivity index (χ0v) is 24.0. The van der Waals surface area contributed by atoms with E-state index in [1.807, 2.05) is 53.2 Å². The number of nitrogens with zero attached hydrogens (tertiary/aromatic N) is 4. The van der Waals surface area contributed by atoms with Crippen molar-refractivity contribution >= 4 is 50.9 Å². The predicted octanol–water partition coefficient (Wildman–Crippen LogP) is 8.08. The van der Waals surface area contributed by atoms with Crippen molar-refractivity contribution in [3.05, 3.63) is 81.3 Å². The molecule has 37 heavy (non-hydrogen) atoms. The van der Waals surface area contributed by atoms with Gasteiger partial charge in [-0.05, 0) is 36.8 Å². The molecule has 0 saturated heterocycles. The van der Waals surface area contributed by atoms with E-state index in [1.54, 1.807) is 6.07 Å². The highest BCUT2D eigenvalue weighted by Gasteiger charge is 2.43. The van der Waals surface area contributed by atoms with Crippen molar-refractivity contribution in [3.8, 4) is 11.5 Å². The number of methoxy groups -OCH3 is 1. The van der Waals surface area contributed by atoms with Crippen molar-refractivity contribution in [1.29, 1.82) is 0 Å². The van der Waals surface area contributed by atoms with Gasteiger partial charge in [0, 0.05) is 33.7 Å². The van der Waals surface area contributed by atoms with E-state index in [4.69, 9.17) is 19.1 Å². The summed E-state index contributed by atoms with van der Waals surface area (Å²) in [6, 6.07) is 20.0. The maximum absolute atomic E-state index is 11.7. The number of hydrogen-bond donors (Lipinski definition) is 0.